The minimum absolute atomic E-state index is 0.250. The van der Waals surface area contributed by atoms with Crippen molar-refractivity contribution >= 4 is 5.78 Å². The van der Waals surface area contributed by atoms with Crippen molar-refractivity contribution in [3.05, 3.63) is 29.3 Å². The van der Waals surface area contributed by atoms with Gasteiger partial charge in [0.15, 0.2) is 0 Å². The van der Waals surface area contributed by atoms with E-state index in [1.807, 2.05) is 19.9 Å². The fraction of sp³-hybridized carbons (Fsp3) is 0.696. The molecule has 4 nitrogen and oxygen atoms in total. The van der Waals surface area contributed by atoms with Crippen molar-refractivity contribution in [3.63, 3.8) is 0 Å². The zero-order chi connectivity index (χ0) is 19.8. The zero-order valence-corrected chi connectivity index (χ0v) is 17.1. The number of aryl methyl sites for hydroxylation is 1. The molecule has 5 N–H and O–H groups in total. The fourth-order valence-corrected chi connectivity index (χ4v) is 6.46. The van der Waals surface area contributed by atoms with E-state index in [1.54, 1.807) is 6.07 Å². The molecule has 4 unspecified atom stereocenters. The van der Waals surface area contributed by atoms with Crippen LogP contribution in [0.2, 0.25) is 0 Å². The van der Waals surface area contributed by atoms with Crippen molar-refractivity contribution in [2.75, 3.05) is 6.54 Å². The summed E-state index contributed by atoms with van der Waals surface area (Å²) in [7, 11) is 0. The molecule has 2 fully saturated rings. The Hall–Kier alpha value is -1.39. The van der Waals surface area contributed by atoms with Gasteiger partial charge in [-0.3, -0.25) is 4.79 Å². The van der Waals surface area contributed by atoms with E-state index in [1.165, 1.54) is 11.1 Å². The van der Waals surface area contributed by atoms with Gasteiger partial charge in [0.05, 0.1) is 0 Å². The van der Waals surface area contributed by atoms with Gasteiger partial charge in [0.2, 0.25) is 0 Å². The number of aromatic hydroxyl groups is 1. The molecule has 0 aliphatic heterocycles. The molecule has 0 aromatic heterocycles. The van der Waals surface area contributed by atoms with E-state index in [9.17, 15) is 9.90 Å². The molecular formula is C23H36N2O2. The lowest BCUT2D eigenvalue weighted by Crippen LogP contribution is -2.62. The first kappa shape index (κ1) is 20.3. The molecule has 27 heavy (non-hydrogen) atoms. The highest BCUT2D eigenvalue weighted by atomic mass is 16.3. The molecule has 1 aromatic carbocycles. The Balaban J connectivity index is 0.00000102. The van der Waals surface area contributed by atoms with Gasteiger partial charge in [-0.05, 0) is 80.2 Å². The number of ketones is 1. The van der Waals surface area contributed by atoms with Gasteiger partial charge in [-0.1, -0.05) is 26.8 Å². The molecule has 0 amide bonds. The third kappa shape index (κ3) is 3.11. The number of phenols is 1. The standard InChI is InChI=1S/C21H30N2O2.C2H6/c1-20-8-7-17-16-5-4-15(24)11-13(16)6-9-21(17,23)19(20)14(3-2-10-22)12-18(20)25;1-2/h4-5,11,14,17,19,24H,2-3,6-10,12,22-23H2,1H3;1-2H3/t14-,17?,19?,20?,21?;/m0./s1. The van der Waals surface area contributed by atoms with Gasteiger partial charge in [0.25, 0.3) is 0 Å². The first-order valence-electron chi connectivity index (χ1n) is 10.7. The number of benzene rings is 1. The van der Waals surface area contributed by atoms with Crippen molar-refractivity contribution < 1.29 is 9.90 Å². The Morgan fingerprint density at radius 1 is 1.26 bits per heavy atom. The van der Waals surface area contributed by atoms with Crippen LogP contribution < -0.4 is 11.5 Å². The SMILES string of the molecule is CC.CC12CCC3c4ccc(O)cc4CCC3(N)C1[C@@H](CCCN)CC2=O. The summed E-state index contributed by atoms with van der Waals surface area (Å²) >= 11 is 0. The second-order valence-electron chi connectivity index (χ2n) is 8.80. The van der Waals surface area contributed by atoms with Crippen molar-refractivity contribution in [1.29, 1.82) is 0 Å². The van der Waals surface area contributed by atoms with Gasteiger partial charge in [0.1, 0.15) is 11.5 Å². The molecule has 4 rings (SSSR count). The van der Waals surface area contributed by atoms with E-state index >= 15 is 0 Å². The first-order chi connectivity index (χ1) is 12.9. The normalized spacial score (nSPS) is 36.9. The van der Waals surface area contributed by atoms with Gasteiger partial charge in [-0.15, -0.1) is 0 Å². The van der Waals surface area contributed by atoms with E-state index < -0.39 is 0 Å². The van der Waals surface area contributed by atoms with Crippen LogP contribution in [-0.4, -0.2) is 23.0 Å². The molecule has 0 radical (unpaired) electrons. The molecule has 1 aromatic rings. The van der Waals surface area contributed by atoms with Crippen molar-refractivity contribution in [2.45, 2.75) is 77.2 Å². The average Bonchev–Trinajstić information content (AvgIpc) is 2.92. The van der Waals surface area contributed by atoms with Crippen LogP contribution in [0, 0.1) is 17.3 Å². The highest BCUT2D eigenvalue weighted by Gasteiger charge is 2.63. The van der Waals surface area contributed by atoms with E-state index in [0.717, 1.165) is 38.5 Å². The van der Waals surface area contributed by atoms with Crippen LogP contribution in [0.15, 0.2) is 18.2 Å². The lowest BCUT2D eigenvalue weighted by Gasteiger charge is -2.56. The van der Waals surface area contributed by atoms with Crippen molar-refractivity contribution in [1.82, 2.24) is 0 Å². The Bertz CT molecular complexity index is 704. The summed E-state index contributed by atoms with van der Waals surface area (Å²) in [6, 6.07) is 5.74. The molecule has 0 spiro atoms. The molecule has 3 aliphatic rings. The Morgan fingerprint density at radius 3 is 2.70 bits per heavy atom. The van der Waals surface area contributed by atoms with E-state index in [-0.39, 0.29) is 16.9 Å². The maximum atomic E-state index is 12.9. The molecule has 5 atom stereocenters. The van der Waals surface area contributed by atoms with Gasteiger partial charge in [-0.25, -0.2) is 0 Å². The number of hydrogen-bond acceptors (Lipinski definition) is 4. The maximum Gasteiger partial charge on any atom is 0.139 e. The average molecular weight is 373 g/mol. The Morgan fingerprint density at radius 2 is 2.00 bits per heavy atom. The number of phenolic OH excluding ortho intramolecular Hbond substituents is 1. The smallest absolute Gasteiger partial charge is 0.139 e. The maximum absolute atomic E-state index is 12.9. The number of fused-ring (bicyclic) bond motifs is 5. The number of Topliss-reactive ketones (excluding diaryl/α,β-unsaturated/α-hetero) is 1. The number of nitrogens with two attached hydrogens (primary N) is 2. The zero-order valence-electron chi connectivity index (χ0n) is 17.1. The molecule has 0 bridgehead atoms. The second-order valence-corrected chi connectivity index (χ2v) is 8.80. The highest BCUT2D eigenvalue weighted by Crippen LogP contribution is 2.63. The highest BCUT2D eigenvalue weighted by molar-refractivity contribution is 5.88. The number of hydrogen-bond donors (Lipinski definition) is 3. The lowest BCUT2D eigenvalue weighted by molar-refractivity contribution is -0.130. The summed E-state index contributed by atoms with van der Waals surface area (Å²) in [4.78, 5) is 12.9. The third-order valence-corrected chi connectivity index (χ3v) is 7.53. The van der Waals surface area contributed by atoms with Crippen molar-refractivity contribution in [2.24, 2.45) is 28.7 Å². The van der Waals surface area contributed by atoms with Crippen molar-refractivity contribution in [3.8, 4) is 5.75 Å². The van der Waals surface area contributed by atoms with E-state index in [2.05, 4.69) is 13.0 Å². The van der Waals surface area contributed by atoms with Crippen LogP contribution in [-0.2, 0) is 11.2 Å². The molecule has 3 aliphatic carbocycles. The van der Waals surface area contributed by atoms with Crippen LogP contribution in [0.4, 0.5) is 0 Å². The van der Waals surface area contributed by atoms with Crippen LogP contribution in [0.25, 0.3) is 0 Å². The van der Waals surface area contributed by atoms with E-state index in [4.69, 9.17) is 11.5 Å². The van der Waals surface area contributed by atoms with Gasteiger partial charge < -0.3 is 16.6 Å². The third-order valence-electron chi connectivity index (χ3n) is 7.53. The Labute approximate surface area is 163 Å². The molecule has 150 valence electrons. The summed E-state index contributed by atoms with van der Waals surface area (Å²) in [5.41, 5.74) is 14.9. The predicted octanol–water partition coefficient (Wildman–Crippen LogP) is 3.89. The molecular weight excluding hydrogens is 336 g/mol. The summed E-state index contributed by atoms with van der Waals surface area (Å²) in [6.07, 6.45) is 6.35. The summed E-state index contributed by atoms with van der Waals surface area (Å²) in [5, 5.41) is 9.83. The van der Waals surface area contributed by atoms with Gasteiger partial charge in [-0.2, -0.15) is 0 Å². The fourth-order valence-electron chi connectivity index (χ4n) is 6.46. The number of carbonyl (C=O) groups is 1. The minimum atomic E-state index is -0.317. The predicted molar refractivity (Wildman–Crippen MR) is 110 cm³/mol. The number of rotatable bonds is 3. The first-order valence-corrected chi connectivity index (χ1v) is 10.7. The monoisotopic (exact) mass is 372 g/mol. The van der Waals surface area contributed by atoms with Gasteiger partial charge in [0, 0.05) is 23.3 Å². The lowest BCUT2D eigenvalue weighted by atomic mass is 9.50. The molecule has 4 heteroatoms. The summed E-state index contributed by atoms with van der Waals surface area (Å²) in [5.74, 6) is 1.66. The Kier molecular flexibility index (Phi) is 5.69. The summed E-state index contributed by atoms with van der Waals surface area (Å²) < 4.78 is 0. The van der Waals surface area contributed by atoms with Crippen LogP contribution in [0.3, 0.4) is 0 Å². The van der Waals surface area contributed by atoms with Crippen LogP contribution in [0.1, 0.15) is 76.3 Å². The molecule has 0 saturated heterocycles. The topological polar surface area (TPSA) is 89.3 Å². The summed E-state index contributed by atoms with van der Waals surface area (Å²) in [6.45, 7) is 6.84. The van der Waals surface area contributed by atoms with Gasteiger partial charge >= 0.3 is 0 Å². The van der Waals surface area contributed by atoms with Crippen LogP contribution in [0.5, 0.6) is 5.75 Å². The largest absolute Gasteiger partial charge is 0.508 e. The quantitative estimate of drug-likeness (QED) is 0.751. The molecule has 2 saturated carbocycles. The van der Waals surface area contributed by atoms with Crippen LogP contribution >= 0.6 is 0 Å². The molecule has 0 heterocycles. The minimum Gasteiger partial charge on any atom is -0.508 e. The second kappa shape index (κ2) is 7.56. The van der Waals surface area contributed by atoms with E-state index in [0.29, 0.717) is 36.3 Å². The number of carbonyl (C=O) groups excluding carboxylic acids is 1.